The minimum absolute atomic E-state index is 0.725. The third-order valence-corrected chi connectivity index (χ3v) is 12.5. The lowest BCUT2D eigenvalue weighted by Crippen LogP contribution is -2.38. The number of hydrogen-bond acceptors (Lipinski definition) is 4. The largest absolute Gasteiger partial charge is 0.356 e. The first-order chi connectivity index (χ1) is 19.3. The Bertz CT molecular complexity index is 527. The third-order valence-electron chi connectivity index (χ3n) is 8.79. The summed E-state index contributed by atoms with van der Waals surface area (Å²) in [5, 5.41) is 0. The van der Waals surface area contributed by atoms with Crippen molar-refractivity contribution in [1.29, 1.82) is 0 Å². The van der Waals surface area contributed by atoms with Gasteiger partial charge in [-0.3, -0.25) is 0 Å². The standard InChI is InChI=1S/C34H68N2S4/c1-9-17-21-29(13-5)25-35(26-30(14-6)22-18-10-2)33(37)39-40-34(38)36(27-31(15-7)23-19-11-3)28-32(16-8)24-20-12-4/h29-32H,9-28H2,1-8H3/t29-,30-,31+,32+. The van der Waals surface area contributed by atoms with Crippen LogP contribution >= 0.6 is 46.0 Å². The van der Waals surface area contributed by atoms with E-state index >= 15 is 0 Å². The van der Waals surface area contributed by atoms with Crippen molar-refractivity contribution in [2.24, 2.45) is 23.7 Å². The van der Waals surface area contributed by atoms with Gasteiger partial charge in [0.25, 0.3) is 0 Å². The quantitative estimate of drug-likeness (QED) is 0.0766. The second-order valence-corrected chi connectivity index (χ2v) is 15.6. The van der Waals surface area contributed by atoms with Crippen LogP contribution < -0.4 is 0 Å². The molecule has 0 heterocycles. The molecule has 0 rings (SSSR count). The minimum Gasteiger partial charge on any atom is -0.356 e. The molecular weight excluding hydrogens is 565 g/mol. The van der Waals surface area contributed by atoms with E-state index in [1.807, 2.05) is 0 Å². The molecule has 0 aromatic carbocycles. The van der Waals surface area contributed by atoms with Crippen LogP contribution in [-0.4, -0.2) is 44.6 Å². The molecule has 0 spiro atoms. The smallest absolute Gasteiger partial charge is 0.147 e. The van der Waals surface area contributed by atoms with Crippen molar-refractivity contribution >= 4 is 54.7 Å². The van der Waals surface area contributed by atoms with Crippen molar-refractivity contribution in [3.8, 4) is 0 Å². The summed E-state index contributed by atoms with van der Waals surface area (Å²) in [5.74, 6) is 2.90. The summed E-state index contributed by atoms with van der Waals surface area (Å²) in [6, 6.07) is 0. The van der Waals surface area contributed by atoms with Crippen LogP contribution in [0.4, 0.5) is 0 Å². The van der Waals surface area contributed by atoms with Gasteiger partial charge in [0.05, 0.1) is 0 Å². The van der Waals surface area contributed by atoms with Crippen LogP contribution in [0, 0.1) is 23.7 Å². The zero-order chi connectivity index (χ0) is 30.2. The van der Waals surface area contributed by atoms with E-state index in [0.717, 1.165) is 58.5 Å². The van der Waals surface area contributed by atoms with Gasteiger partial charge in [-0.25, -0.2) is 0 Å². The molecule has 0 saturated carbocycles. The molecule has 0 aliphatic rings. The molecule has 4 atom stereocenters. The Morgan fingerprint density at radius 1 is 0.450 bits per heavy atom. The van der Waals surface area contributed by atoms with E-state index in [0.29, 0.717) is 0 Å². The Hall–Kier alpha value is 0.480. The van der Waals surface area contributed by atoms with E-state index in [2.05, 4.69) is 65.2 Å². The SMILES string of the molecule is CCCC[C@@H](CC)CN(C[C@H](CC)CCCC)C(=S)SSC(=S)N(C[C@@H](CC)CCCC)C[C@@H](CC)CCCC. The highest BCUT2D eigenvalue weighted by Gasteiger charge is 2.23. The van der Waals surface area contributed by atoms with E-state index in [1.54, 1.807) is 21.6 Å². The molecular formula is C34H68N2S4. The maximum Gasteiger partial charge on any atom is 0.147 e. The van der Waals surface area contributed by atoms with E-state index in [1.165, 1.54) is 103 Å². The molecule has 0 aliphatic heterocycles. The minimum atomic E-state index is 0.725. The summed E-state index contributed by atoms with van der Waals surface area (Å²) in [6.45, 7) is 23.1. The molecule has 0 aromatic heterocycles. The van der Waals surface area contributed by atoms with Crippen LogP contribution in [0.3, 0.4) is 0 Å². The van der Waals surface area contributed by atoms with Crippen LogP contribution in [0.25, 0.3) is 0 Å². The average Bonchev–Trinajstić information content (AvgIpc) is 2.97. The van der Waals surface area contributed by atoms with Crippen LogP contribution in [0.1, 0.15) is 158 Å². The lowest BCUT2D eigenvalue weighted by atomic mass is 9.96. The zero-order valence-corrected chi connectivity index (χ0v) is 31.2. The Labute approximate surface area is 271 Å². The molecule has 0 N–H and O–H groups in total. The Balaban J connectivity index is 5.59. The van der Waals surface area contributed by atoms with E-state index in [4.69, 9.17) is 24.4 Å². The van der Waals surface area contributed by atoms with Crippen molar-refractivity contribution < 1.29 is 0 Å². The second kappa shape index (κ2) is 27.1. The highest BCUT2D eigenvalue weighted by molar-refractivity contribution is 8.89. The fraction of sp³-hybridized carbons (Fsp3) is 0.941. The molecule has 0 saturated heterocycles. The summed E-state index contributed by atoms with van der Waals surface area (Å²) in [5.41, 5.74) is 0. The van der Waals surface area contributed by atoms with Crippen molar-refractivity contribution in [3.63, 3.8) is 0 Å². The van der Waals surface area contributed by atoms with Gasteiger partial charge in [-0.15, -0.1) is 0 Å². The van der Waals surface area contributed by atoms with Gasteiger partial charge in [-0.05, 0) is 70.9 Å². The fourth-order valence-electron chi connectivity index (χ4n) is 5.54. The predicted octanol–water partition coefficient (Wildman–Crippen LogP) is 12.4. The van der Waals surface area contributed by atoms with Gasteiger partial charge in [0, 0.05) is 26.2 Å². The van der Waals surface area contributed by atoms with Crippen LogP contribution in [0.5, 0.6) is 0 Å². The van der Waals surface area contributed by atoms with Gasteiger partial charge >= 0.3 is 0 Å². The van der Waals surface area contributed by atoms with Gasteiger partial charge in [0.1, 0.15) is 8.64 Å². The number of rotatable bonds is 24. The van der Waals surface area contributed by atoms with Crippen LogP contribution in [0.2, 0.25) is 0 Å². The number of unbranched alkanes of at least 4 members (excludes halogenated alkanes) is 4. The molecule has 6 heteroatoms. The van der Waals surface area contributed by atoms with Gasteiger partial charge in [-0.2, -0.15) is 0 Å². The lowest BCUT2D eigenvalue weighted by Gasteiger charge is -2.34. The molecule has 0 unspecified atom stereocenters. The van der Waals surface area contributed by atoms with Crippen LogP contribution in [-0.2, 0) is 0 Å². The number of hydrogen-bond donors (Lipinski definition) is 0. The average molecular weight is 633 g/mol. The first kappa shape index (κ1) is 40.5. The Kier molecular flexibility index (Phi) is 27.4. The molecule has 2 nitrogen and oxygen atoms in total. The normalized spacial score (nSPS) is 14.5. The topological polar surface area (TPSA) is 6.48 Å². The van der Waals surface area contributed by atoms with Gasteiger partial charge in [0.2, 0.25) is 0 Å². The van der Waals surface area contributed by atoms with Gasteiger partial charge in [-0.1, -0.05) is 157 Å². The molecule has 238 valence electrons. The summed E-state index contributed by atoms with van der Waals surface area (Å²) in [6.07, 6.45) is 20.6. The Morgan fingerprint density at radius 3 is 0.850 bits per heavy atom. The second-order valence-electron chi connectivity index (χ2n) is 12.2. The molecule has 0 amide bonds. The Morgan fingerprint density at radius 2 is 0.675 bits per heavy atom. The predicted molar refractivity (Wildman–Crippen MR) is 197 cm³/mol. The summed E-state index contributed by atoms with van der Waals surface area (Å²) >= 11 is 12.3. The molecule has 0 bridgehead atoms. The molecule has 0 radical (unpaired) electrons. The first-order valence-corrected chi connectivity index (χ1v) is 20.2. The summed E-state index contributed by atoms with van der Waals surface area (Å²) < 4.78 is 2.10. The van der Waals surface area contributed by atoms with Gasteiger partial charge < -0.3 is 9.80 Å². The third kappa shape index (κ3) is 18.9. The zero-order valence-electron chi connectivity index (χ0n) is 28.0. The molecule has 40 heavy (non-hydrogen) atoms. The highest BCUT2D eigenvalue weighted by Crippen LogP contribution is 2.32. The number of thiocarbonyl (C=S) groups is 2. The first-order valence-electron chi connectivity index (χ1n) is 17.3. The van der Waals surface area contributed by atoms with Gasteiger partial charge in [0.15, 0.2) is 0 Å². The monoisotopic (exact) mass is 632 g/mol. The van der Waals surface area contributed by atoms with E-state index in [-0.39, 0.29) is 0 Å². The van der Waals surface area contributed by atoms with Crippen molar-refractivity contribution in [1.82, 2.24) is 9.80 Å². The van der Waals surface area contributed by atoms with E-state index in [9.17, 15) is 0 Å². The van der Waals surface area contributed by atoms with Crippen molar-refractivity contribution in [2.75, 3.05) is 26.2 Å². The maximum atomic E-state index is 6.16. The van der Waals surface area contributed by atoms with Crippen molar-refractivity contribution in [3.05, 3.63) is 0 Å². The van der Waals surface area contributed by atoms with E-state index < -0.39 is 0 Å². The van der Waals surface area contributed by atoms with Crippen molar-refractivity contribution in [2.45, 2.75) is 158 Å². The lowest BCUT2D eigenvalue weighted by molar-refractivity contribution is 0.269. The maximum absolute atomic E-state index is 6.16. The molecule has 0 aromatic rings. The molecule has 0 aliphatic carbocycles. The molecule has 0 fully saturated rings. The summed E-state index contributed by atoms with van der Waals surface area (Å²) in [7, 11) is 3.54. The highest BCUT2D eigenvalue weighted by atomic mass is 33.1. The fourth-order valence-corrected chi connectivity index (χ4v) is 8.16. The summed E-state index contributed by atoms with van der Waals surface area (Å²) in [4.78, 5) is 5.14. The number of nitrogens with zero attached hydrogens (tertiary/aromatic N) is 2. The van der Waals surface area contributed by atoms with Crippen LogP contribution in [0.15, 0.2) is 0 Å².